The maximum Gasteiger partial charge on any atom is 0.410 e. The fourth-order valence-corrected chi connectivity index (χ4v) is 2.64. The van der Waals surface area contributed by atoms with Crippen LogP contribution in [0, 0.1) is 0 Å². The molecule has 0 saturated carbocycles. The lowest BCUT2D eigenvalue weighted by atomic mass is 10.2. The molecule has 23 heavy (non-hydrogen) atoms. The van der Waals surface area contributed by atoms with Gasteiger partial charge in [-0.1, -0.05) is 6.07 Å². The maximum absolute atomic E-state index is 12.2. The zero-order valence-corrected chi connectivity index (χ0v) is 17.6. The van der Waals surface area contributed by atoms with Crippen molar-refractivity contribution in [3.63, 3.8) is 0 Å². The van der Waals surface area contributed by atoms with E-state index in [0.717, 1.165) is 15.5 Å². The SMILES string of the molecule is CC(C)N(CCNCc1ccc(Br)c(Br)c1)C(=O)OC(C)(C)C. The topological polar surface area (TPSA) is 41.6 Å². The molecule has 0 heterocycles. The number of carbonyl (C=O) groups is 1. The van der Waals surface area contributed by atoms with Crippen LogP contribution in [0.1, 0.15) is 40.2 Å². The molecule has 1 aromatic rings. The largest absolute Gasteiger partial charge is 0.444 e. The minimum Gasteiger partial charge on any atom is -0.444 e. The smallest absolute Gasteiger partial charge is 0.410 e. The van der Waals surface area contributed by atoms with E-state index in [1.807, 2.05) is 40.7 Å². The summed E-state index contributed by atoms with van der Waals surface area (Å²) in [4.78, 5) is 14.0. The number of rotatable bonds is 6. The lowest BCUT2D eigenvalue weighted by Crippen LogP contribution is -2.44. The first-order valence-electron chi connectivity index (χ1n) is 7.74. The van der Waals surface area contributed by atoms with Crippen LogP contribution < -0.4 is 5.32 Å². The number of ether oxygens (including phenoxy) is 1. The van der Waals surface area contributed by atoms with Crippen LogP contribution in [-0.2, 0) is 11.3 Å². The molecule has 0 radical (unpaired) electrons. The normalized spacial score (nSPS) is 11.7. The van der Waals surface area contributed by atoms with Gasteiger partial charge in [0.15, 0.2) is 0 Å². The molecule has 1 aromatic carbocycles. The second-order valence-corrected chi connectivity index (χ2v) is 8.40. The van der Waals surface area contributed by atoms with E-state index in [-0.39, 0.29) is 12.1 Å². The fraction of sp³-hybridized carbons (Fsp3) is 0.588. The first-order valence-corrected chi connectivity index (χ1v) is 9.33. The molecule has 0 saturated heterocycles. The second kappa shape index (κ2) is 9.04. The van der Waals surface area contributed by atoms with Gasteiger partial charge in [-0.25, -0.2) is 4.79 Å². The third-order valence-electron chi connectivity index (χ3n) is 3.09. The number of halogens is 2. The zero-order valence-electron chi connectivity index (χ0n) is 14.5. The van der Waals surface area contributed by atoms with Gasteiger partial charge in [0, 0.05) is 34.6 Å². The molecule has 6 heteroatoms. The fourth-order valence-electron chi connectivity index (χ4n) is 1.96. The summed E-state index contributed by atoms with van der Waals surface area (Å²) in [5.74, 6) is 0. The lowest BCUT2D eigenvalue weighted by Gasteiger charge is -2.30. The van der Waals surface area contributed by atoms with Gasteiger partial charge >= 0.3 is 6.09 Å². The van der Waals surface area contributed by atoms with E-state index < -0.39 is 5.60 Å². The number of nitrogens with one attached hydrogen (secondary N) is 1. The van der Waals surface area contributed by atoms with Gasteiger partial charge in [-0.05, 0) is 84.2 Å². The number of carbonyl (C=O) groups excluding carboxylic acids is 1. The highest BCUT2D eigenvalue weighted by Gasteiger charge is 2.23. The summed E-state index contributed by atoms with van der Waals surface area (Å²) in [7, 11) is 0. The van der Waals surface area contributed by atoms with Crippen LogP contribution in [0.15, 0.2) is 27.1 Å². The summed E-state index contributed by atoms with van der Waals surface area (Å²) < 4.78 is 7.53. The van der Waals surface area contributed by atoms with Crippen LogP contribution in [0.25, 0.3) is 0 Å². The Morgan fingerprint density at radius 3 is 2.43 bits per heavy atom. The summed E-state index contributed by atoms with van der Waals surface area (Å²) in [5.41, 5.74) is 0.717. The van der Waals surface area contributed by atoms with Gasteiger partial charge in [0.2, 0.25) is 0 Å². The Bertz CT molecular complexity index is 528. The highest BCUT2D eigenvalue weighted by molar-refractivity contribution is 9.13. The van der Waals surface area contributed by atoms with E-state index in [1.165, 1.54) is 5.56 Å². The van der Waals surface area contributed by atoms with Crippen molar-refractivity contribution < 1.29 is 9.53 Å². The first-order chi connectivity index (χ1) is 10.6. The Kier molecular flexibility index (Phi) is 8.04. The summed E-state index contributed by atoms with van der Waals surface area (Å²) in [6, 6.07) is 6.26. The van der Waals surface area contributed by atoms with E-state index in [1.54, 1.807) is 4.90 Å². The van der Waals surface area contributed by atoms with Gasteiger partial charge in [0.1, 0.15) is 5.60 Å². The molecule has 1 rings (SSSR count). The predicted octanol–water partition coefficient (Wildman–Crippen LogP) is 4.95. The van der Waals surface area contributed by atoms with E-state index in [0.29, 0.717) is 13.1 Å². The minimum atomic E-state index is -0.471. The predicted molar refractivity (Wildman–Crippen MR) is 102 cm³/mol. The molecule has 4 nitrogen and oxygen atoms in total. The van der Waals surface area contributed by atoms with E-state index in [4.69, 9.17) is 4.74 Å². The Morgan fingerprint density at radius 1 is 1.26 bits per heavy atom. The van der Waals surface area contributed by atoms with E-state index >= 15 is 0 Å². The lowest BCUT2D eigenvalue weighted by molar-refractivity contribution is 0.0193. The number of benzene rings is 1. The Morgan fingerprint density at radius 2 is 1.91 bits per heavy atom. The summed E-state index contributed by atoms with van der Waals surface area (Å²) in [6.45, 7) is 11.7. The quantitative estimate of drug-likeness (QED) is 0.624. The van der Waals surface area contributed by atoms with Crippen LogP contribution in [0.3, 0.4) is 0 Å². The molecule has 0 aliphatic rings. The van der Waals surface area contributed by atoms with Crippen molar-refractivity contribution in [3.05, 3.63) is 32.7 Å². The first kappa shape index (κ1) is 20.5. The van der Waals surface area contributed by atoms with Gasteiger partial charge in [-0.2, -0.15) is 0 Å². The molecule has 1 amide bonds. The average molecular weight is 450 g/mol. The van der Waals surface area contributed by atoms with Crippen molar-refractivity contribution in [2.75, 3.05) is 13.1 Å². The van der Waals surface area contributed by atoms with E-state index in [9.17, 15) is 4.79 Å². The summed E-state index contributed by atoms with van der Waals surface area (Å²) in [5, 5.41) is 3.37. The van der Waals surface area contributed by atoms with Crippen molar-refractivity contribution in [2.45, 2.75) is 52.8 Å². The molecule has 0 aromatic heterocycles. The Balaban J connectivity index is 2.47. The van der Waals surface area contributed by atoms with Gasteiger partial charge < -0.3 is 15.0 Å². The molecule has 0 bridgehead atoms. The molecule has 0 atom stereocenters. The van der Waals surface area contributed by atoms with E-state index in [2.05, 4.69) is 49.3 Å². The monoisotopic (exact) mass is 448 g/mol. The van der Waals surface area contributed by atoms with Crippen LogP contribution in [0.4, 0.5) is 4.79 Å². The van der Waals surface area contributed by atoms with Gasteiger partial charge in [0.25, 0.3) is 0 Å². The van der Waals surface area contributed by atoms with Crippen LogP contribution in [-0.4, -0.2) is 35.7 Å². The number of amides is 1. The zero-order chi connectivity index (χ0) is 17.6. The number of nitrogens with zero attached hydrogens (tertiary/aromatic N) is 1. The Labute approximate surface area is 156 Å². The average Bonchev–Trinajstić information content (AvgIpc) is 2.40. The number of hydrogen-bond donors (Lipinski definition) is 1. The summed E-state index contributed by atoms with van der Waals surface area (Å²) >= 11 is 6.96. The van der Waals surface area contributed by atoms with Crippen molar-refractivity contribution in [3.8, 4) is 0 Å². The maximum atomic E-state index is 12.2. The highest BCUT2D eigenvalue weighted by Crippen LogP contribution is 2.23. The number of hydrogen-bond acceptors (Lipinski definition) is 3. The van der Waals surface area contributed by atoms with Gasteiger partial charge in [0.05, 0.1) is 0 Å². The molecular formula is C17H26Br2N2O2. The van der Waals surface area contributed by atoms with Crippen LogP contribution in [0.5, 0.6) is 0 Å². The second-order valence-electron chi connectivity index (χ2n) is 6.69. The van der Waals surface area contributed by atoms with Crippen molar-refractivity contribution >= 4 is 38.0 Å². The van der Waals surface area contributed by atoms with Crippen LogP contribution in [0.2, 0.25) is 0 Å². The molecule has 0 unspecified atom stereocenters. The summed E-state index contributed by atoms with van der Waals surface area (Å²) in [6.07, 6.45) is -0.263. The standard InChI is InChI=1S/C17H26Br2N2O2/c1-12(2)21(16(22)23-17(3,4)5)9-8-20-11-13-6-7-14(18)15(19)10-13/h6-7,10,12,20H,8-9,11H2,1-5H3. The van der Waals surface area contributed by atoms with Gasteiger partial charge in [-0.15, -0.1) is 0 Å². The van der Waals surface area contributed by atoms with Crippen molar-refractivity contribution in [1.29, 1.82) is 0 Å². The third kappa shape index (κ3) is 7.68. The molecule has 0 aliphatic heterocycles. The van der Waals surface area contributed by atoms with Crippen molar-refractivity contribution in [1.82, 2.24) is 10.2 Å². The van der Waals surface area contributed by atoms with Crippen molar-refractivity contribution in [2.24, 2.45) is 0 Å². The molecule has 130 valence electrons. The molecule has 0 fully saturated rings. The molecule has 0 spiro atoms. The Hall–Kier alpha value is -0.590. The third-order valence-corrected chi connectivity index (χ3v) is 4.97. The molecule has 1 N–H and O–H groups in total. The van der Waals surface area contributed by atoms with Gasteiger partial charge in [-0.3, -0.25) is 0 Å². The molecule has 0 aliphatic carbocycles. The minimum absolute atomic E-state index is 0.105. The molecular weight excluding hydrogens is 424 g/mol. The van der Waals surface area contributed by atoms with Crippen LogP contribution >= 0.6 is 31.9 Å². The highest BCUT2D eigenvalue weighted by atomic mass is 79.9.